The molecule has 3 nitrogen and oxygen atoms in total. The second-order valence-electron chi connectivity index (χ2n) is 3.85. The topological polar surface area (TPSA) is 55.5 Å². The lowest BCUT2D eigenvalue weighted by Crippen LogP contribution is -2.34. The van der Waals surface area contributed by atoms with E-state index in [9.17, 15) is 13.2 Å². The molecule has 102 valence electrons. The molecule has 0 heterocycles. The molecule has 1 rings (SSSR count). The third-order valence-electron chi connectivity index (χ3n) is 2.26. The van der Waals surface area contributed by atoms with Gasteiger partial charge in [0.1, 0.15) is 12.4 Å². The molecule has 3 N–H and O–H groups in total. The summed E-state index contributed by atoms with van der Waals surface area (Å²) < 4.78 is 40.9. The van der Waals surface area contributed by atoms with Crippen LogP contribution in [0.15, 0.2) is 18.2 Å². The van der Waals surface area contributed by atoms with Crippen molar-refractivity contribution in [2.75, 3.05) is 6.61 Å². The van der Waals surface area contributed by atoms with E-state index in [0.717, 1.165) is 5.56 Å². The van der Waals surface area contributed by atoms with E-state index in [1.165, 1.54) is 12.1 Å². The third-order valence-corrected chi connectivity index (χ3v) is 2.55. The van der Waals surface area contributed by atoms with E-state index >= 15 is 0 Å². The molecule has 1 aromatic carbocycles. The van der Waals surface area contributed by atoms with E-state index in [1.54, 1.807) is 13.0 Å². The van der Waals surface area contributed by atoms with Gasteiger partial charge in [0.05, 0.1) is 5.02 Å². The highest BCUT2D eigenvalue weighted by atomic mass is 35.5. The van der Waals surface area contributed by atoms with E-state index in [2.05, 4.69) is 0 Å². The molecule has 0 bridgehead atoms. The Morgan fingerprint density at radius 1 is 1.44 bits per heavy atom. The first kappa shape index (κ1) is 15.1. The van der Waals surface area contributed by atoms with E-state index < -0.39 is 18.9 Å². The number of ether oxygens (including phenoxy) is 1. The number of halogens is 4. The summed E-state index contributed by atoms with van der Waals surface area (Å²) in [6.45, 7) is 0.848. The molecule has 0 spiro atoms. The quantitative estimate of drug-likeness (QED) is 0.893. The Morgan fingerprint density at radius 2 is 2.06 bits per heavy atom. The van der Waals surface area contributed by atoms with E-state index in [-0.39, 0.29) is 16.8 Å². The van der Waals surface area contributed by atoms with Crippen LogP contribution in [0.2, 0.25) is 5.02 Å². The molecule has 0 amide bonds. The van der Waals surface area contributed by atoms with Gasteiger partial charge in [0.2, 0.25) is 0 Å². The van der Waals surface area contributed by atoms with Crippen molar-refractivity contribution in [1.29, 1.82) is 0 Å². The van der Waals surface area contributed by atoms with Gasteiger partial charge in [-0.25, -0.2) is 0 Å². The lowest BCUT2D eigenvalue weighted by molar-refractivity contribution is -0.210. The van der Waals surface area contributed by atoms with Gasteiger partial charge in [-0.15, -0.1) is 0 Å². The molecule has 0 aliphatic rings. The lowest BCUT2D eigenvalue weighted by atomic mass is 10.1. The minimum absolute atomic E-state index is 0.0735. The van der Waals surface area contributed by atoms with Crippen molar-refractivity contribution in [2.45, 2.75) is 25.2 Å². The molecule has 0 radical (unpaired) electrons. The second kappa shape index (κ2) is 5.77. The highest BCUT2D eigenvalue weighted by Gasteiger charge is 2.38. The second-order valence-corrected chi connectivity index (χ2v) is 4.25. The van der Waals surface area contributed by atoms with Gasteiger partial charge in [-0.1, -0.05) is 17.7 Å². The summed E-state index contributed by atoms with van der Waals surface area (Å²) in [6.07, 6.45) is -7.25. The molecule has 1 unspecified atom stereocenters. The third kappa shape index (κ3) is 4.04. The maximum atomic E-state index is 12.0. The van der Waals surface area contributed by atoms with Gasteiger partial charge in [0, 0.05) is 6.04 Å². The first-order chi connectivity index (χ1) is 8.21. The van der Waals surface area contributed by atoms with Gasteiger partial charge in [0.25, 0.3) is 0 Å². The molecule has 0 aliphatic heterocycles. The maximum absolute atomic E-state index is 12.0. The van der Waals surface area contributed by atoms with E-state index in [4.69, 9.17) is 27.2 Å². The standard InChI is InChI=1S/C11H13ClF3NO2/c1-6(16)7-2-3-9(8(12)4-7)18-5-10(17)11(13,14)15/h2-4,6,10,17H,5,16H2,1H3/t6-,10?/m0/s1. The van der Waals surface area contributed by atoms with Crippen molar-refractivity contribution >= 4 is 11.6 Å². The Labute approximate surface area is 107 Å². The normalized spacial score (nSPS) is 15.3. The summed E-state index contributed by atoms with van der Waals surface area (Å²) in [7, 11) is 0. The zero-order valence-electron chi connectivity index (χ0n) is 9.54. The summed E-state index contributed by atoms with van der Waals surface area (Å²) in [5, 5.41) is 8.92. The van der Waals surface area contributed by atoms with Crippen molar-refractivity contribution in [3.05, 3.63) is 28.8 Å². The average Bonchev–Trinajstić information content (AvgIpc) is 2.25. The number of rotatable bonds is 4. The number of aliphatic hydroxyl groups excluding tert-OH is 1. The molecule has 0 saturated heterocycles. The van der Waals surface area contributed by atoms with Crippen LogP contribution in [-0.4, -0.2) is 24.0 Å². The van der Waals surface area contributed by atoms with Gasteiger partial charge in [-0.3, -0.25) is 0 Å². The fourth-order valence-electron chi connectivity index (χ4n) is 1.18. The van der Waals surface area contributed by atoms with Crippen molar-refractivity contribution in [2.24, 2.45) is 5.73 Å². The number of nitrogens with two attached hydrogens (primary N) is 1. The zero-order chi connectivity index (χ0) is 13.9. The average molecular weight is 284 g/mol. The SMILES string of the molecule is C[C@H](N)c1ccc(OCC(O)C(F)(F)F)c(Cl)c1. The first-order valence-corrected chi connectivity index (χ1v) is 5.52. The van der Waals surface area contributed by atoms with Gasteiger partial charge in [-0.05, 0) is 24.6 Å². The van der Waals surface area contributed by atoms with Crippen LogP contribution in [0, 0.1) is 0 Å². The van der Waals surface area contributed by atoms with Crippen LogP contribution in [0.25, 0.3) is 0 Å². The van der Waals surface area contributed by atoms with Gasteiger partial charge in [-0.2, -0.15) is 13.2 Å². The lowest BCUT2D eigenvalue weighted by Gasteiger charge is -2.16. The van der Waals surface area contributed by atoms with Gasteiger partial charge in [0.15, 0.2) is 6.10 Å². The predicted molar refractivity (Wildman–Crippen MR) is 61.6 cm³/mol. The highest BCUT2D eigenvalue weighted by molar-refractivity contribution is 6.32. The number of hydrogen-bond acceptors (Lipinski definition) is 3. The fraction of sp³-hybridized carbons (Fsp3) is 0.455. The minimum atomic E-state index is -4.71. The molecule has 0 aromatic heterocycles. The molecule has 2 atom stereocenters. The Kier molecular flexibility index (Phi) is 4.84. The summed E-state index contributed by atoms with van der Waals surface area (Å²) in [5.74, 6) is 0.0735. The number of hydrogen-bond donors (Lipinski definition) is 2. The van der Waals surface area contributed by atoms with Crippen molar-refractivity contribution in [3.63, 3.8) is 0 Å². The molecule has 7 heteroatoms. The van der Waals surface area contributed by atoms with Crippen molar-refractivity contribution in [3.8, 4) is 5.75 Å². The Balaban J connectivity index is 2.69. The Morgan fingerprint density at radius 3 is 2.50 bits per heavy atom. The van der Waals surface area contributed by atoms with Crippen LogP contribution in [0.1, 0.15) is 18.5 Å². The van der Waals surface area contributed by atoms with E-state index in [0.29, 0.717) is 0 Å². The largest absolute Gasteiger partial charge is 0.489 e. The van der Waals surface area contributed by atoms with Crippen LogP contribution in [0.5, 0.6) is 5.75 Å². The summed E-state index contributed by atoms with van der Waals surface area (Å²) >= 11 is 5.83. The number of benzene rings is 1. The van der Waals surface area contributed by atoms with Gasteiger partial charge >= 0.3 is 6.18 Å². The van der Waals surface area contributed by atoms with Crippen LogP contribution in [0.3, 0.4) is 0 Å². The van der Waals surface area contributed by atoms with Gasteiger partial charge < -0.3 is 15.6 Å². The summed E-state index contributed by atoms with van der Waals surface area (Å²) in [5.41, 5.74) is 6.36. The maximum Gasteiger partial charge on any atom is 0.417 e. The van der Waals surface area contributed by atoms with Crippen LogP contribution in [-0.2, 0) is 0 Å². The van der Waals surface area contributed by atoms with E-state index in [1.807, 2.05) is 0 Å². The molecule has 18 heavy (non-hydrogen) atoms. The van der Waals surface area contributed by atoms with Crippen LogP contribution >= 0.6 is 11.6 Å². The molecular weight excluding hydrogens is 271 g/mol. The first-order valence-electron chi connectivity index (χ1n) is 5.14. The smallest absolute Gasteiger partial charge is 0.417 e. The molecular formula is C11H13ClF3NO2. The molecule has 0 saturated carbocycles. The number of alkyl halides is 3. The zero-order valence-corrected chi connectivity index (χ0v) is 10.3. The molecule has 1 aromatic rings. The van der Waals surface area contributed by atoms with Crippen molar-refractivity contribution < 1.29 is 23.0 Å². The Hall–Kier alpha value is -0.980. The number of aliphatic hydroxyl groups is 1. The van der Waals surface area contributed by atoms with Crippen LogP contribution in [0.4, 0.5) is 13.2 Å². The minimum Gasteiger partial charge on any atom is -0.489 e. The predicted octanol–water partition coefficient (Wildman–Crippen LogP) is 2.66. The monoisotopic (exact) mass is 283 g/mol. The Bertz CT molecular complexity index is 410. The molecule has 0 aliphatic carbocycles. The fourth-order valence-corrected chi connectivity index (χ4v) is 1.42. The van der Waals surface area contributed by atoms with Crippen LogP contribution < -0.4 is 10.5 Å². The van der Waals surface area contributed by atoms with Crippen molar-refractivity contribution in [1.82, 2.24) is 0 Å². The summed E-state index contributed by atoms with van der Waals surface area (Å²) in [6, 6.07) is 4.30. The summed E-state index contributed by atoms with van der Waals surface area (Å²) in [4.78, 5) is 0. The molecule has 0 fully saturated rings. The highest BCUT2D eigenvalue weighted by Crippen LogP contribution is 2.28.